The fourth-order valence-corrected chi connectivity index (χ4v) is 7.39. The maximum atomic E-state index is 13.6. The Kier molecular flexibility index (Phi) is 7.42. The van der Waals surface area contributed by atoms with E-state index in [0.717, 1.165) is 49.7 Å². The monoisotopic (exact) mass is 525 g/mol. The van der Waals surface area contributed by atoms with Gasteiger partial charge in [-0.1, -0.05) is 67.8 Å². The Hall–Kier alpha value is -3.07. The molecule has 1 aliphatic carbocycles. The van der Waals surface area contributed by atoms with Crippen molar-refractivity contribution >= 4 is 21.7 Å². The summed E-state index contributed by atoms with van der Waals surface area (Å²) in [6, 6.07) is 21.7. The molecule has 1 amide bonds. The highest BCUT2D eigenvalue weighted by molar-refractivity contribution is 7.89. The SMILES string of the molecule is O=C(Nc1cccc(-c2ccc(S(=O)(=O)N3CCC[C@@H]3CO)cc2)n1)C1(c2ccccc2)CCCCC1.[HH].[HH].[HH]. The fraction of sp³-hybridized carbons (Fsp3) is 0.379. The zero-order valence-corrected chi connectivity index (χ0v) is 21.7. The Bertz CT molecular complexity index is 1350. The number of anilines is 1. The quantitative estimate of drug-likeness (QED) is 0.426. The van der Waals surface area contributed by atoms with Gasteiger partial charge in [0.2, 0.25) is 15.9 Å². The van der Waals surface area contributed by atoms with Crippen LogP contribution in [0.4, 0.5) is 5.82 Å². The van der Waals surface area contributed by atoms with Gasteiger partial charge < -0.3 is 10.4 Å². The second-order valence-corrected chi connectivity index (χ2v) is 11.9. The van der Waals surface area contributed by atoms with Gasteiger partial charge in [0.15, 0.2) is 0 Å². The second kappa shape index (κ2) is 10.7. The Morgan fingerprint density at radius 3 is 2.41 bits per heavy atom. The molecule has 7 nitrogen and oxygen atoms in total. The number of hydrogen-bond donors (Lipinski definition) is 2. The van der Waals surface area contributed by atoms with Crippen LogP contribution in [0.15, 0.2) is 77.7 Å². The highest BCUT2D eigenvalue weighted by Gasteiger charge is 2.41. The lowest BCUT2D eigenvalue weighted by Crippen LogP contribution is -2.42. The van der Waals surface area contributed by atoms with Crippen LogP contribution in [0.25, 0.3) is 11.3 Å². The van der Waals surface area contributed by atoms with Crippen LogP contribution < -0.4 is 5.32 Å². The number of hydrogen-bond acceptors (Lipinski definition) is 5. The van der Waals surface area contributed by atoms with Crippen molar-refractivity contribution in [3.63, 3.8) is 0 Å². The molecule has 2 aliphatic rings. The van der Waals surface area contributed by atoms with Gasteiger partial charge in [0.25, 0.3) is 0 Å². The van der Waals surface area contributed by atoms with Gasteiger partial charge in [-0.25, -0.2) is 13.4 Å². The molecule has 0 unspecified atom stereocenters. The average molecular weight is 526 g/mol. The van der Waals surface area contributed by atoms with Crippen molar-refractivity contribution < 1.29 is 22.6 Å². The molecular weight excluding hydrogens is 486 g/mol. The summed E-state index contributed by atoms with van der Waals surface area (Å²) in [6.45, 7) is 0.244. The molecule has 0 radical (unpaired) electrons. The fourth-order valence-electron chi connectivity index (χ4n) is 5.70. The van der Waals surface area contributed by atoms with Gasteiger partial charge in [-0.2, -0.15) is 4.31 Å². The number of carbonyl (C=O) groups is 1. The molecule has 2 N–H and O–H groups in total. The predicted octanol–water partition coefficient (Wildman–Crippen LogP) is 5.47. The summed E-state index contributed by atoms with van der Waals surface area (Å²) < 4.78 is 27.5. The van der Waals surface area contributed by atoms with Gasteiger partial charge in [0.1, 0.15) is 5.82 Å². The molecule has 2 heterocycles. The lowest BCUT2D eigenvalue weighted by Gasteiger charge is -2.36. The molecule has 0 bridgehead atoms. The van der Waals surface area contributed by atoms with E-state index in [1.807, 2.05) is 42.5 Å². The van der Waals surface area contributed by atoms with E-state index in [9.17, 15) is 18.3 Å². The highest BCUT2D eigenvalue weighted by Crippen LogP contribution is 2.40. The van der Waals surface area contributed by atoms with Crippen molar-refractivity contribution in [1.29, 1.82) is 0 Å². The van der Waals surface area contributed by atoms with Crippen LogP contribution in [0, 0.1) is 0 Å². The Labute approximate surface area is 223 Å². The van der Waals surface area contributed by atoms with Gasteiger partial charge in [-0.3, -0.25) is 4.79 Å². The molecule has 1 atom stereocenters. The van der Waals surface area contributed by atoms with Crippen LogP contribution in [0.3, 0.4) is 0 Å². The van der Waals surface area contributed by atoms with Gasteiger partial charge in [-0.15, -0.1) is 0 Å². The highest BCUT2D eigenvalue weighted by atomic mass is 32.2. The number of pyridine rings is 1. The third-order valence-electron chi connectivity index (χ3n) is 7.75. The number of carbonyl (C=O) groups excluding carboxylic acids is 1. The first-order valence-corrected chi connectivity index (χ1v) is 14.5. The maximum Gasteiger partial charge on any atom is 0.243 e. The molecule has 5 rings (SSSR count). The van der Waals surface area contributed by atoms with Crippen LogP contribution in [0.2, 0.25) is 0 Å². The summed E-state index contributed by atoms with van der Waals surface area (Å²) >= 11 is 0. The van der Waals surface area contributed by atoms with E-state index < -0.39 is 15.4 Å². The van der Waals surface area contributed by atoms with Crippen molar-refractivity contribution in [2.45, 2.75) is 61.3 Å². The summed E-state index contributed by atoms with van der Waals surface area (Å²) in [5.74, 6) is 0.441. The largest absolute Gasteiger partial charge is 0.395 e. The van der Waals surface area contributed by atoms with Gasteiger partial charge in [-0.05, 0) is 55.5 Å². The first-order valence-electron chi connectivity index (χ1n) is 13.0. The van der Waals surface area contributed by atoms with Gasteiger partial charge >= 0.3 is 0 Å². The van der Waals surface area contributed by atoms with Gasteiger partial charge in [0, 0.05) is 22.4 Å². The number of aliphatic hydroxyl groups excluding tert-OH is 1. The topological polar surface area (TPSA) is 99.6 Å². The van der Waals surface area contributed by atoms with E-state index >= 15 is 0 Å². The smallest absolute Gasteiger partial charge is 0.243 e. The Morgan fingerprint density at radius 2 is 1.70 bits per heavy atom. The van der Waals surface area contributed by atoms with Crippen LogP contribution in [0.5, 0.6) is 0 Å². The number of amides is 1. The summed E-state index contributed by atoms with van der Waals surface area (Å²) in [5.41, 5.74) is 1.88. The van der Waals surface area contributed by atoms with E-state index in [-0.39, 0.29) is 27.7 Å². The van der Waals surface area contributed by atoms with Crippen LogP contribution in [-0.4, -0.2) is 47.9 Å². The van der Waals surface area contributed by atoms with Crippen LogP contribution in [-0.2, 0) is 20.2 Å². The van der Waals surface area contributed by atoms with E-state index in [1.54, 1.807) is 30.3 Å². The van der Waals surface area contributed by atoms with Crippen molar-refractivity contribution in [2.24, 2.45) is 0 Å². The molecule has 1 saturated heterocycles. The van der Waals surface area contributed by atoms with E-state index in [1.165, 1.54) is 4.31 Å². The summed E-state index contributed by atoms with van der Waals surface area (Å²) in [6.07, 6.45) is 6.21. The number of aromatic nitrogens is 1. The third-order valence-corrected chi connectivity index (χ3v) is 9.72. The molecule has 8 heteroatoms. The minimum absolute atomic E-state index is 0. The molecule has 0 spiro atoms. The number of sulfonamides is 1. The first-order chi connectivity index (χ1) is 17.9. The van der Waals surface area contributed by atoms with E-state index in [4.69, 9.17) is 0 Å². The zero-order valence-electron chi connectivity index (χ0n) is 20.8. The Balaban J connectivity index is 0.00000187. The standard InChI is InChI=1S/C29H33N3O4S.3H2/c33-21-24-11-8-20-32(24)37(35,36)25-16-14-22(15-17-25)26-12-7-13-27(30-26)31-28(34)29(18-5-2-6-19-29)23-9-3-1-4-10-23;;;/h1,3-4,7,9-10,12-17,24,33H,2,5-6,8,11,18-21H2,(H,30,31,34);3*1H/t24-;;;/m1.../s1. The normalized spacial score (nSPS) is 20.0. The molecule has 1 aromatic heterocycles. The lowest BCUT2D eigenvalue weighted by molar-refractivity contribution is -0.122. The number of nitrogens with zero attached hydrogens (tertiary/aromatic N) is 2. The average Bonchev–Trinajstić information content (AvgIpc) is 3.44. The molecule has 200 valence electrons. The minimum atomic E-state index is -3.67. The summed E-state index contributed by atoms with van der Waals surface area (Å²) in [5, 5.41) is 12.6. The van der Waals surface area contributed by atoms with Crippen LogP contribution >= 0.6 is 0 Å². The van der Waals surface area contributed by atoms with Crippen LogP contribution in [0.1, 0.15) is 54.8 Å². The molecule has 3 aromatic rings. The molecule has 1 saturated carbocycles. The molecular formula is C29H39N3O4S. The van der Waals surface area contributed by atoms with Crippen molar-refractivity contribution in [2.75, 3.05) is 18.5 Å². The maximum absolute atomic E-state index is 13.6. The van der Waals surface area contributed by atoms with E-state index in [2.05, 4.69) is 10.3 Å². The number of nitrogens with one attached hydrogen (secondary N) is 1. The molecule has 2 aromatic carbocycles. The van der Waals surface area contributed by atoms with E-state index in [0.29, 0.717) is 24.5 Å². The third kappa shape index (κ3) is 5.06. The summed E-state index contributed by atoms with van der Waals surface area (Å²) in [7, 11) is -3.67. The lowest BCUT2D eigenvalue weighted by atomic mass is 9.68. The second-order valence-electron chi connectivity index (χ2n) is 9.99. The zero-order chi connectivity index (χ0) is 25.9. The minimum Gasteiger partial charge on any atom is -0.395 e. The van der Waals surface area contributed by atoms with Crippen molar-refractivity contribution in [3.8, 4) is 11.3 Å². The molecule has 2 fully saturated rings. The molecule has 1 aliphatic heterocycles. The van der Waals surface area contributed by atoms with Gasteiger partial charge in [0.05, 0.1) is 22.6 Å². The van der Waals surface area contributed by atoms with Crippen molar-refractivity contribution in [1.82, 2.24) is 9.29 Å². The number of benzene rings is 2. The number of aliphatic hydroxyl groups is 1. The van der Waals surface area contributed by atoms with Crippen molar-refractivity contribution in [3.05, 3.63) is 78.4 Å². The first kappa shape index (κ1) is 25.6. The molecule has 37 heavy (non-hydrogen) atoms. The summed E-state index contributed by atoms with van der Waals surface area (Å²) in [4.78, 5) is 18.5. The predicted molar refractivity (Wildman–Crippen MR) is 150 cm³/mol. The Morgan fingerprint density at radius 1 is 0.973 bits per heavy atom. The number of rotatable bonds is 7.